The monoisotopic (exact) mass is 470 g/mol. The van der Waals surface area contributed by atoms with E-state index in [1.165, 1.54) is 6.20 Å². The van der Waals surface area contributed by atoms with Crippen LogP contribution in [0.1, 0.15) is 55.5 Å². The fourth-order valence-electron chi connectivity index (χ4n) is 4.34. The van der Waals surface area contributed by atoms with Crippen LogP contribution >= 0.6 is 0 Å². The Balaban J connectivity index is 1.28. The number of nitrogens with zero attached hydrogens (tertiary/aromatic N) is 5. The third-order valence-electron chi connectivity index (χ3n) is 6.47. The lowest BCUT2D eigenvalue weighted by Gasteiger charge is -2.23. The number of anilines is 2. The Morgan fingerprint density at radius 1 is 1.44 bits per heavy atom. The van der Waals surface area contributed by atoms with E-state index in [4.69, 9.17) is 9.47 Å². The van der Waals surface area contributed by atoms with Gasteiger partial charge in [0.1, 0.15) is 17.8 Å². The number of aromatic amines is 1. The van der Waals surface area contributed by atoms with Crippen molar-refractivity contribution in [3.8, 4) is 6.07 Å². The Morgan fingerprint density at radius 2 is 2.26 bits per heavy atom. The molecule has 0 aliphatic heterocycles. The Bertz CT molecular complexity index is 1220. The van der Waals surface area contributed by atoms with E-state index in [1.807, 2.05) is 6.92 Å². The number of H-pyrrole nitrogens is 1. The molecular formula is C22H27FN8O3. The average molecular weight is 471 g/mol. The minimum atomic E-state index is -1.28. The van der Waals surface area contributed by atoms with E-state index in [-0.39, 0.29) is 5.54 Å². The number of aromatic nitrogens is 5. The Morgan fingerprint density at radius 3 is 3.00 bits per heavy atom. The van der Waals surface area contributed by atoms with Gasteiger partial charge in [-0.25, -0.2) is 14.4 Å². The molecule has 0 aromatic carbocycles. The molecule has 4 N–H and O–H groups in total. The number of alkyl halides is 1. The Labute approximate surface area is 195 Å². The number of nitrogens with one attached hydrogen (secondary N) is 3. The van der Waals surface area contributed by atoms with E-state index in [0.29, 0.717) is 53.8 Å². The molecule has 11 nitrogen and oxygen atoms in total. The van der Waals surface area contributed by atoms with Crippen LogP contribution in [-0.2, 0) is 16.1 Å². The van der Waals surface area contributed by atoms with Crippen molar-refractivity contribution in [1.82, 2.24) is 29.9 Å². The van der Waals surface area contributed by atoms with Crippen LogP contribution in [0, 0.1) is 11.3 Å². The molecule has 3 aromatic heterocycles. The zero-order valence-electron chi connectivity index (χ0n) is 19.0. The van der Waals surface area contributed by atoms with Crippen molar-refractivity contribution in [1.29, 1.82) is 5.26 Å². The topological polar surface area (TPSA) is 145 Å². The normalized spacial score (nSPS) is 24.3. The maximum absolute atomic E-state index is 15.2. The second-order valence-corrected chi connectivity index (χ2v) is 9.16. The molecule has 0 radical (unpaired) electrons. The van der Waals surface area contributed by atoms with Gasteiger partial charge < -0.3 is 19.9 Å². The van der Waals surface area contributed by atoms with Gasteiger partial charge in [-0.3, -0.25) is 14.8 Å². The molecular weight excluding hydrogens is 443 g/mol. The summed E-state index contributed by atoms with van der Waals surface area (Å²) in [5.74, 6) is 0.441. The van der Waals surface area contributed by atoms with Crippen LogP contribution in [0.4, 0.5) is 16.2 Å². The highest BCUT2D eigenvalue weighted by Gasteiger charge is 2.43. The van der Waals surface area contributed by atoms with Crippen molar-refractivity contribution < 1.29 is 19.0 Å². The van der Waals surface area contributed by atoms with Gasteiger partial charge in [-0.05, 0) is 32.6 Å². The van der Waals surface area contributed by atoms with Crippen LogP contribution < -0.4 is 10.6 Å². The van der Waals surface area contributed by atoms with Gasteiger partial charge in [-0.1, -0.05) is 0 Å². The molecule has 2 aliphatic carbocycles. The van der Waals surface area contributed by atoms with Crippen LogP contribution in [0.15, 0.2) is 18.5 Å². The zero-order chi connectivity index (χ0) is 23.9. The van der Waals surface area contributed by atoms with E-state index in [2.05, 4.69) is 36.9 Å². The summed E-state index contributed by atoms with van der Waals surface area (Å²) in [5, 5.41) is 32.7. The standard InChI is InChI=1S/C22H27FN8O3/c1-22(5-6-22)28-21(32)34-16-4-3-14(18(16)23)15-7-17(30-29-15)27-20-25-9-12(8-24)19-26-13(11-33-2)10-31(19)20/h7,9-10,14,16,18,21,28,32H,3-6,11H2,1-2H3,(H2,25,27,29,30)/t14-,16-,18+,21?/m0/s1. The molecule has 0 saturated heterocycles. The molecule has 180 valence electrons. The Kier molecular flexibility index (Phi) is 5.95. The number of hydrogen-bond acceptors (Lipinski definition) is 9. The number of ether oxygens (including phenoxy) is 2. The van der Waals surface area contributed by atoms with Gasteiger partial charge >= 0.3 is 0 Å². The first-order valence-electron chi connectivity index (χ1n) is 11.2. The zero-order valence-corrected chi connectivity index (χ0v) is 19.0. The number of rotatable bonds is 9. The number of aliphatic hydroxyl groups is 1. The summed E-state index contributed by atoms with van der Waals surface area (Å²) in [4.78, 5) is 8.74. The molecule has 34 heavy (non-hydrogen) atoms. The van der Waals surface area contributed by atoms with Crippen molar-refractivity contribution in [2.24, 2.45) is 0 Å². The first-order valence-corrected chi connectivity index (χ1v) is 11.2. The van der Waals surface area contributed by atoms with Gasteiger partial charge in [0.05, 0.1) is 24.6 Å². The molecule has 3 aromatic rings. The van der Waals surface area contributed by atoms with E-state index in [1.54, 1.807) is 23.8 Å². The fraction of sp³-hybridized carbons (Fsp3) is 0.545. The quantitative estimate of drug-likeness (QED) is 0.346. The lowest BCUT2D eigenvalue weighted by Crippen LogP contribution is -2.43. The van der Waals surface area contributed by atoms with Crippen molar-refractivity contribution in [3.05, 3.63) is 35.4 Å². The molecule has 0 amide bonds. The summed E-state index contributed by atoms with van der Waals surface area (Å²) in [5.41, 5.74) is 1.96. The third kappa shape index (κ3) is 4.47. The number of nitriles is 1. The lowest BCUT2D eigenvalue weighted by atomic mass is 10.0. The average Bonchev–Trinajstić information content (AvgIpc) is 3.16. The van der Waals surface area contributed by atoms with Crippen molar-refractivity contribution >= 4 is 17.4 Å². The Hall–Kier alpha value is -3.11. The smallest absolute Gasteiger partial charge is 0.214 e. The highest BCUT2D eigenvalue weighted by atomic mass is 19.1. The fourth-order valence-corrected chi connectivity index (χ4v) is 4.34. The van der Waals surface area contributed by atoms with E-state index < -0.39 is 24.6 Å². The molecule has 3 heterocycles. The van der Waals surface area contributed by atoms with Crippen LogP contribution in [-0.4, -0.2) is 61.0 Å². The van der Waals surface area contributed by atoms with Gasteiger partial charge in [0.25, 0.3) is 0 Å². The highest BCUT2D eigenvalue weighted by Crippen LogP contribution is 2.40. The molecule has 5 rings (SSSR count). The highest BCUT2D eigenvalue weighted by molar-refractivity contribution is 5.61. The summed E-state index contributed by atoms with van der Waals surface area (Å²) < 4.78 is 27.5. The number of hydrogen-bond donors (Lipinski definition) is 4. The van der Waals surface area contributed by atoms with Crippen molar-refractivity contribution in [2.75, 3.05) is 12.4 Å². The van der Waals surface area contributed by atoms with E-state index in [9.17, 15) is 10.4 Å². The van der Waals surface area contributed by atoms with E-state index in [0.717, 1.165) is 12.8 Å². The summed E-state index contributed by atoms with van der Waals surface area (Å²) in [6, 6.07) is 3.82. The summed E-state index contributed by atoms with van der Waals surface area (Å²) in [7, 11) is 1.57. The number of fused-ring (bicyclic) bond motifs is 1. The molecule has 12 heteroatoms. The predicted octanol–water partition coefficient (Wildman–Crippen LogP) is 2.23. The van der Waals surface area contributed by atoms with Gasteiger partial charge in [0.2, 0.25) is 12.4 Å². The minimum Gasteiger partial charge on any atom is -0.378 e. The van der Waals surface area contributed by atoms with Crippen LogP contribution in [0.5, 0.6) is 0 Å². The van der Waals surface area contributed by atoms with E-state index >= 15 is 4.39 Å². The lowest BCUT2D eigenvalue weighted by molar-refractivity contribution is -0.170. The van der Waals surface area contributed by atoms with Gasteiger partial charge in [0.15, 0.2) is 11.5 Å². The molecule has 1 unspecified atom stereocenters. The predicted molar refractivity (Wildman–Crippen MR) is 119 cm³/mol. The SMILES string of the molecule is COCc1cn2c(Nc3cc([C@@H]4CC[C@H](OC(O)NC5(C)CC5)[C@@H]4F)[nH]n3)ncc(C#N)c2n1. The summed E-state index contributed by atoms with van der Waals surface area (Å²) >= 11 is 0. The number of aliphatic hydroxyl groups excluding tert-OH is 1. The molecule has 4 atom stereocenters. The first-order chi connectivity index (χ1) is 16.4. The molecule has 0 bridgehead atoms. The second kappa shape index (κ2) is 8.92. The molecule has 2 aliphatic rings. The largest absolute Gasteiger partial charge is 0.378 e. The number of methoxy groups -OCH3 is 1. The molecule has 2 saturated carbocycles. The third-order valence-corrected chi connectivity index (χ3v) is 6.47. The minimum absolute atomic E-state index is 0.113. The van der Waals surface area contributed by atoms with Gasteiger partial charge in [-0.15, -0.1) is 0 Å². The van der Waals surface area contributed by atoms with Crippen LogP contribution in [0.25, 0.3) is 5.65 Å². The van der Waals surface area contributed by atoms with Crippen molar-refractivity contribution in [3.63, 3.8) is 0 Å². The maximum atomic E-state index is 15.2. The first kappa shape index (κ1) is 22.7. The van der Waals surface area contributed by atoms with Crippen LogP contribution in [0.2, 0.25) is 0 Å². The maximum Gasteiger partial charge on any atom is 0.214 e. The van der Waals surface area contributed by atoms with Crippen molar-refractivity contribution in [2.45, 2.75) is 69.4 Å². The number of halogens is 1. The van der Waals surface area contributed by atoms with Gasteiger partial charge in [0, 0.05) is 36.5 Å². The molecule has 0 spiro atoms. The van der Waals surface area contributed by atoms with Gasteiger partial charge in [-0.2, -0.15) is 10.4 Å². The molecule has 2 fully saturated rings. The summed E-state index contributed by atoms with van der Waals surface area (Å²) in [6.45, 7) is 2.30. The van der Waals surface area contributed by atoms with Crippen LogP contribution in [0.3, 0.4) is 0 Å². The number of imidazole rings is 1. The summed E-state index contributed by atoms with van der Waals surface area (Å²) in [6.07, 6.45) is 3.02. The second-order valence-electron chi connectivity index (χ2n) is 9.16.